The lowest BCUT2D eigenvalue weighted by Crippen LogP contribution is -2.15. The number of nitrogens with zero attached hydrogens (tertiary/aromatic N) is 2. The zero-order valence-corrected chi connectivity index (χ0v) is 6.98. The Kier molecular flexibility index (Phi) is 2.82. The van der Waals surface area contributed by atoms with Gasteiger partial charge in [-0.1, -0.05) is 0 Å². The summed E-state index contributed by atoms with van der Waals surface area (Å²) in [6, 6.07) is 1.72. The Hall–Kier alpha value is -1.36. The third-order valence-electron chi connectivity index (χ3n) is 1.21. The van der Waals surface area contributed by atoms with Crippen LogP contribution in [0.3, 0.4) is 0 Å². The lowest BCUT2D eigenvalue weighted by Gasteiger charge is -2.00. The van der Waals surface area contributed by atoms with Gasteiger partial charge in [-0.25, -0.2) is 4.79 Å². The SMILES string of the molecule is COCOC(=O)n1ccc(C)n1. The van der Waals surface area contributed by atoms with Crippen LogP contribution in [0, 0.1) is 6.92 Å². The molecule has 5 nitrogen and oxygen atoms in total. The van der Waals surface area contributed by atoms with E-state index in [1.54, 1.807) is 13.0 Å². The van der Waals surface area contributed by atoms with Crippen LogP contribution < -0.4 is 0 Å². The van der Waals surface area contributed by atoms with Gasteiger partial charge in [-0.3, -0.25) is 0 Å². The Morgan fingerprint density at radius 2 is 2.50 bits per heavy atom. The van der Waals surface area contributed by atoms with E-state index < -0.39 is 6.09 Å². The van der Waals surface area contributed by atoms with E-state index in [9.17, 15) is 4.79 Å². The second-order valence-electron chi connectivity index (χ2n) is 2.22. The highest BCUT2D eigenvalue weighted by Gasteiger charge is 2.05. The quantitative estimate of drug-likeness (QED) is 0.615. The normalized spacial score (nSPS) is 9.83. The van der Waals surface area contributed by atoms with Crippen molar-refractivity contribution in [3.05, 3.63) is 18.0 Å². The molecular formula is C7H10N2O3. The van der Waals surface area contributed by atoms with Crippen LogP contribution >= 0.6 is 0 Å². The molecule has 0 saturated carbocycles. The molecule has 0 aliphatic carbocycles. The maximum atomic E-state index is 11.0. The highest BCUT2D eigenvalue weighted by Crippen LogP contribution is 1.93. The van der Waals surface area contributed by atoms with Crippen molar-refractivity contribution in [2.45, 2.75) is 6.92 Å². The molecule has 0 saturated heterocycles. The molecule has 0 aliphatic rings. The molecule has 1 heterocycles. The molecule has 1 rings (SSSR count). The summed E-state index contributed by atoms with van der Waals surface area (Å²) < 4.78 is 10.3. The number of hydrogen-bond donors (Lipinski definition) is 0. The molecule has 0 aromatic carbocycles. The van der Waals surface area contributed by atoms with Gasteiger partial charge < -0.3 is 9.47 Å². The van der Waals surface area contributed by atoms with E-state index in [-0.39, 0.29) is 6.79 Å². The minimum absolute atomic E-state index is 0.0578. The van der Waals surface area contributed by atoms with Gasteiger partial charge in [0.2, 0.25) is 0 Å². The van der Waals surface area contributed by atoms with E-state index in [4.69, 9.17) is 0 Å². The molecule has 0 fully saturated rings. The van der Waals surface area contributed by atoms with Gasteiger partial charge in [0.05, 0.1) is 5.69 Å². The van der Waals surface area contributed by atoms with E-state index in [2.05, 4.69) is 14.6 Å². The van der Waals surface area contributed by atoms with Crippen LogP contribution in [0.1, 0.15) is 5.69 Å². The summed E-state index contributed by atoms with van der Waals surface area (Å²) >= 11 is 0. The second-order valence-corrected chi connectivity index (χ2v) is 2.22. The van der Waals surface area contributed by atoms with Crippen LogP contribution in [0.2, 0.25) is 0 Å². The molecule has 0 N–H and O–H groups in total. The second kappa shape index (κ2) is 3.87. The molecule has 0 unspecified atom stereocenters. The van der Waals surface area contributed by atoms with Crippen molar-refractivity contribution in [1.82, 2.24) is 9.78 Å². The molecule has 1 aromatic heterocycles. The highest BCUT2D eigenvalue weighted by molar-refractivity contribution is 5.69. The molecule has 1 aromatic rings. The van der Waals surface area contributed by atoms with Gasteiger partial charge in [0.15, 0.2) is 6.79 Å². The van der Waals surface area contributed by atoms with E-state index in [0.717, 1.165) is 10.4 Å². The van der Waals surface area contributed by atoms with Crippen molar-refractivity contribution in [1.29, 1.82) is 0 Å². The lowest BCUT2D eigenvalue weighted by molar-refractivity contribution is 0.0112. The van der Waals surface area contributed by atoms with E-state index >= 15 is 0 Å². The summed E-state index contributed by atoms with van der Waals surface area (Å²) in [5.74, 6) is 0. The van der Waals surface area contributed by atoms with Crippen LogP contribution in [0.15, 0.2) is 12.3 Å². The molecule has 66 valence electrons. The molecule has 12 heavy (non-hydrogen) atoms. The topological polar surface area (TPSA) is 53.4 Å². The van der Waals surface area contributed by atoms with Crippen molar-refractivity contribution in [3.63, 3.8) is 0 Å². The van der Waals surface area contributed by atoms with Gasteiger partial charge in [-0.2, -0.15) is 9.78 Å². The van der Waals surface area contributed by atoms with Crippen molar-refractivity contribution in [2.75, 3.05) is 13.9 Å². The predicted octanol–water partition coefficient (Wildman–Crippen LogP) is 0.780. The molecule has 0 spiro atoms. The first-order chi connectivity index (χ1) is 5.74. The maximum Gasteiger partial charge on any atom is 0.436 e. The number of rotatable bonds is 2. The molecule has 0 radical (unpaired) electrons. The Labute approximate surface area is 69.9 Å². The van der Waals surface area contributed by atoms with Gasteiger partial charge >= 0.3 is 6.09 Å². The minimum atomic E-state index is -0.537. The molecular weight excluding hydrogens is 160 g/mol. The Balaban J connectivity index is 2.53. The highest BCUT2D eigenvalue weighted by atomic mass is 16.7. The number of methoxy groups -OCH3 is 1. The van der Waals surface area contributed by atoms with Crippen LogP contribution in [0.4, 0.5) is 4.79 Å². The lowest BCUT2D eigenvalue weighted by atomic mass is 10.5. The Morgan fingerprint density at radius 3 is 3.00 bits per heavy atom. The number of carbonyl (C=O) groups excluding carboxylic acids is 1. The predicted molar refractivity (Wildman–Crippen MR) is 40.7 cm³/mol. The number of aromatic nitrogens is 2. The van der Waals surface area contributed by atoms with E-state index in [0.29, 0.717) is 0 Å². The number of carbonyl (C=O) groups is 1. The standard InChI is InChI=1S/C7H10N2O3/c1-6-3-4-9(8-6)7(10)12-5-11-2/h3-4H,5H2,1-2H3. The molecule has 0 amide bonds. The summed E-state index contributed by atoms with van der Waals surface area (Å²) in [5, 5.41) is 3.85. The van der Waals surface area contributed by atoms with Gasteiger partial charge in [0, 0.05) is 13.3 Å². The minimum Gasteiger partial charge on any atom is -0.421 e. The Morgan fingerprint density at radius 1 is 1.75 bits per heavy atom. The average molecular weight is 170 g/mol. The van der Waals surface area contributed by atoms with Crippen LogP contribution in [-0.4, -0.2) is 29.8 Å². The monoisotopic (exact) mass is 170 g/mol. The fourth-order valence-corrected chi connectivity index (χ4v) is 0.692. The zero-order chi connectivity index (χ0) is 8.97. The maximum absolute atomic E-state index is 11.0. The number of hydrogen-bond acceptors (Lipinski definition) is 4. The summed E-state index contributed by atoms with van der Waals surface area (Å²) in [6.07, 6.45) is 0.998. The molecule has 0 aliphatic heterocycles. The first-order valence-electron chi connectivity index (χ1n) is 3.42. The molecule has 5 heteroatoms. The zero-order valence-electron chi connectivity index (χ0n) is 6.98. The van der Waals surface area contributed by atoms with Crippen LogP contribution in [0.25, 0.3) is 0 Å². The third-order valence-corrected chi connectivity index (χ3v) is 1.21. The summed E-state index contributed by atoms with van der Waals surface area (Å²) in [7, 11) is 1.45. The number of aryl methyl sites for hydroxylation is 1. The van der Waals surface area contributed by atoms with Crippen molar-refractivity contribution in [2.24, 2.45) is 0 Å². The van der Waals surface area contributed by atoms with E-state index in [1.807, 2.05) is 0 Å². The number of ether oxygens (including phenoxy) is 2. The van der Waals surface area contributed by atoms with E-state index in [1.165, 1.54) is 13.3 Å². The Bertz CT molecular complexity index is 269. The largest absolute Gasteiger partial charge is 0.436 e. The van der Waals surface area contributed by atoms with Crippen LogP contribution in [-0.2, 0) is 9.47 Å². The van der Waals surface area contributed by atoms with Crippen molar-refractivity contribution in [3.8, 4) is 0 Å². The van der Waals surface area contributed by atoms with Gasteiger partial charge in [-0.15, -0.1) is 0 Å². The van der Waals surface area contributed by atoms with Crippen molar-refractivity contribution < 1.29 is 14.3 Å². The third kappa shape index (κ3) is 2.06. The molecule has 0 atom stereocenters. The smallest absolute Gasteiger partial charge is 0.421 e. The average Bonchev–Trinajstić information content (AvgIpc) is 2.47. The first kappa shape index (κ1) is 8.73. The summed E-state index contributed by atoms with van der Waals surface area (Å²) in [4.78, 5) is 11.0. The fraction of sp³-hybridized carbons (Fsp3) is 0.429. The first-order valence-corrected chi connectivity index (χ1v) is 3.42. The van der Waals surface area contributed by atoms with Gasteiger partial charge in [0.1, 0.15) is 0 Å². The van der Waals surface area contributed by atoms with Gasteiger partial charge in [-0.05, 0) is 13.0 Å². The van der Waals surface area contributed by atoms with Crippen molar-refractivity contribution >= 4 is 6.09 Å². The fourth-order valence-electron chi connectivity index (χ4n) is 0.692. The van der Waals surface area contributed by atoms with Gasteiger partial charge in [0.25, 0.3) is 0 Å². The summed E-state index contributed by atoms with van der Waals surface area (Å²) in [5.41, 5.74) is 0.768. The molecule has 0 bridgehead atoms. The van der Waals surface area contributed by atoms with Crippen LogP contribution in [0.5, 0.6) is 0 Å². The summed E-state index contributed by atoms with van der Waals surface area (Å²) in [6.45, 7) is 1.73.